The minimum Gasteiger partial charge on any atom is -0.489 e. The molecule has 23 heavy (non-hydrogen) atoms. The second kappa shape index (κ2) is 7.98. The predicted molar refractivity (Wildman–Crippen MR) is 82.5 cm³/mol. The molecule has 0 aliphatic carbocycles. The Morgan fingerprint density at radius 1 is 1.17 bits per heavy atom. The van der Waals surface area contributed by atoms with E-state index in [1.165, 1.54) is 18.2 Å². The van der Waals surface area contributed by atoms with Gasteiger partial charge in [-0.25, -0.2) is 13.6 Å². The van der Waals surface area contributed by atoms with Gasteiger partial charge in [0.1, 0.15) is 31.5 Å². The van der Waals surface area contributed by atoms with Crippen LogP contribution in [-0.2, 0) is 11.3 Å². The maximum atomic E-state index is 12.8. The Balaban J connectivity index is 1.93. The highest BCUT2D eigenvalue weighted by atomic mass is 19.1. The molecule has 2 aromatic carbocycles. The van der Waals surface area contributed by atoms with E-state index in [2.05, 4.69) is 10.1 Å². The highest BCUT2D eigenvalue weighted by Gasteiger charge is 2.07. The van der Waals surface area contributed by atoms with Crippen LogP contribution < -0.4 is 15.8 Å². The first-order valence-corrected chi connectivity index (χ1v) is 6.85. The Bertz CT molecular complexity index is 663. The zero-order chi connectivity index (χ0) is 16.7. The summed E-state index contributed by atoms with van der Waals surface area (Å²) in [4.78, 5) is 11.3. The Labute approximate surface area is 132 Å². The predicted octanol–water partition coefficient (Wildman–Crippen LogP) is 3.50. The molecule has 0 bridgehead atoms. The molecule has 0 saturated carbocycles. The molecule has 122 valence electrons. The summed E-state index contributed by atoms with van der Waals surface area (Å²) in [6.45, 7) is -0.811. The molecule has 0 saturated heterocycles. The van der Waals surface area contributed by atoms with Crippen LogP contribution >= 0.6 is 0 Å². The molecule has 0 fully saturated rings. The number of carbonyl (C=O) groups excluding carboxylic acids is 1. The van der Waals surface area contributed by atoms with Gasteiger partial charge in [-0.1, -0.05) is 12.1 Å². The van der Waals surface area contributed by atoms with E-state index in [1.54, 1.807) is 24.3 Å². The fourth-order valence-electron chi connectivity index (χ4n) is 1.77. The number of nitrogens with two attached hydrogens (primary N) is 1. The van der Waals surface area contributed by atoms with Crippen molar-refractivity contribution in [2.75, 3.05) is 24.3 Å². The molecule has 0 aliphatic heterocycles. The summed E-state index contributed by atoms with van der Waals surface area (Å²) in [6.07, 6.45) is -0.783. The van der Waals surface area contributed by atoms with Crippen LogP contribution in [0.5, 0.6) is 5.75 Å². The van der Waals surface area contributed by atoms with Gasteiger partial charge in [0.15, 0.2) is 0 Å². The lowest BCUT2D eigenvalue weighted by atomic mass is 10.2. The first kappa shape index (κ1) is 16.5. The standard InChI is InChI=1S/C16H16F2N2O3/c17-7-8-22-16(21)20-15-6-5-13(9-14(15)19)23-10-11-1-3-12(18)4-2-11/h1-6,9H,7-8,10,19H2,(H,20,21). The fraction of sp³-hybridized carbons (Fsp3) is 0.188. The summed E-state index contributed by atoms with van der Waals surface area (Å²) < 4.78 is 34.8. The van der Waals surface area contributed by atoms with Crippen LogP contribution in [0.4, 0.5) is 25.0 Å². The zero-order valence-electron chi connectivity index (χ0n) is 12.2. The zero-order valence-corrected chi connectivity index (χ0v) is 12.2. The van der Waals surface area contributed by atoms with E-state index in [1.807, 2.05) is 0 Å². The van der Waals surface area contributed by atoms with Crippen LogP contribution in [0.3, 0.4) is 0 Å². The van der Waals surface area contributed by atoms with Gasteiger partial charge in [-0.3, -0.25) is 5.32 Å². The largest absolute Gasteiger partial charge is 0.489 e. The lowest BCUT2D eigenvalue weighted by Gasteiger charge is -2.11. The summed E-state index contributed by atoms with van der Waals surface area (Å²) in [6, 6.07) is 10.6. The lowest BCUT2D eigenvalue weighted by Crippen LogP contribution is -2.16. The Morgan fingerprint density at radius 2 is 1.91 bits per heavy atom. The number of hydrogen-bond acceptors (Lipinski definition) is 4. The number of nitrogen functional groups attached to an aromatic ring is 1. The molecule has 2 rings (SSSR count). The highest BCUT2D eigenvalue weighted by molar-refractivity contribution is 5.89. The minimum atomic E-state index is -0.783. The topological polar surface area (TPSA) is 73.6 Å². The molecule has 0 atom stereocenters. The monoisotopic (exact) mass is 322 g/mol. The number of anilines is 2. The van der Waals surface area contributed by atoms with Crippen LogP contribution in [-0.4, -0.2) is 19.4 Å². The number of ether oxygens (including phenoxy) is 2. The third-order valence-corrected chi connectivity index (χ3v) is 2.89. The van der Waals surface area contributed by atoms with Crippen molar-refractivity contribution in [3.8, 4) is 5.75 Å². The number of rotatable bonds is 6. The first-order valence-electron chi connectivity index (χ1n) is 6.85. The molecule has 0 aromatic heterocycles. The molecule has 0 heterocycles. The quantitative estimate of drug-likeness (QED) is 0.798. The Hall–Kier alpha value is -2.83. The molecule has 0 spiro atoms. The second-order valence-corrected chi connectivity index (χ2v) is 4.61. The molecular weight excluding hydrogens is 306 g/mol. The van der Waals surface area contributed by atoms with E-state index in [9.17, 15) is 13.6 Å². The minimum absolute atomic E-state index is 0.255. The number of carbonyl (C=O) groups is 1. The maximum absolute atomic E-state index is 12.8. The SMILES string of the molecule is Nc1cc(OCc2ccc(F)cc2)ccc1NC(=O)OCCF. The molecule has 0 radical (unpaired) electrons. The summed E-state index contributed by atoms with van der Waals surface area (Å²) in [7, 11) is 0. The average molecular weight is 322 g/mol. The van der Waals surface area contributed by atoms with Crippen molar-refractivity contribution in [1.29, 1.82) is 0 Å². The third-order valence-electron chi connectivity index (χ3n) is 2.89. The van der Waals surface area contributed by atoms with Crippen molar-refractivity contribution in [2.24, 2.45) is 0 Å². The molecule has 0 aliphatic rings. The number of halogens is 2. The number of benzene rings is 2. The van der Waals surface area contributed by atoms with Gasteiger partial charge in [0.25, 0.3) is 0 Å². The van der Waals surface area contributed by atoms with Gasteiger partial charge in [0.05, 0.1) is 11.4 Å². The van der Waals surface area contributed by atoms with Crippen molar-refractivity contribution >= 4 is 17.5 Å². The van der Waals surface area contributed by atoms with Crippen LogP contribution in [0.2, 0.25) is 0 Å². The Kier molecular flexibility index (Phi) is 5.74. The van der Waals surface area contributed by atoms with Gasteiger partial charge in [0, 0.05) is 6.07 Å². The summed E-state index contributed by atoms with van der Waals surface area (Å²) in [5.74, 6) is 0.183. The molecule has 2 aromatic rings. The molecule has 5 nitrogen and oxygen atoms in total. The number of amides is 1. The molecule has 0 unspecified atom stereocenters. The van der Waals surface area contributed by atoms with Crippen LogP contribution in [0, 0.1) is 5.82 Å². The van der Waals surface area contributed by atoms with Gasteiger partial charge < -0.3 is 15.2 Å². The van der Waals surface area contributed by atoms with E-state index < -0.39 is 12.8 Å². The molecule has 3 N–H and O–H groups in total. The molecular formula is C16H16F2N2O3. The summed E-state index contributed by atoms with van der Waals surface area (Å²) in [5, 5.41) is 2.40. The lowest BCUT2D eigenvalue weighted by molar-refractivity contribution is 0.152. The maximum Gasteiger partial charge on any atom is 0.411 e. The highest BCUT2D eigenvalue weighted by Crippen LogP contribution is 2.25. The van der Waals surface area contributed by atoms with Gasteiger partial charge in [-0.15, -0.1) is 0 Å². The third kappa shape index (κ3) is 5.14. The van der Waals surface area contributed by atoms with E-state index in [4.69, 9.17) is 10.5 Å². The first-order chi connectivity index (χ1) is 11.1. The number of alkyl halides is 1. The average Bonchev–Trinajstić information content (AvgIpc) is 2.54. The van der Waals surface area contributed by atoms with E-state index >= 15 is 0 Å². The van der Waals surface area contributed by atoms with Crippen LogP contribution in [0.1, 0.15) is 5.56 Å². The summed E-state index contributed by atoms with van der Waals surface area (Å²) >= 11 is 0. The fourth-order valence-corrected chi connectivity index (χ4v) is 1.77. The van der Waals surface area contributed by atoms with Gasteiger partial charge in [-0.2, -0.15) is 0 Å². The Morgan fingerprint density at radius 3 is 2.57 bits per heavy atom. The van der Waals surface area contributed by atoms with E-state index in [0.717, 1.165) is 5.56 Å². The van der Waals surface area contributed by atoms with Crippen molar-refractivity contribution < 1.29 is 23.0 Å². The normalized spacial score (nSPS) is 10.2. The van der Waals surface area contributed by atoms with Crippen molar-refractivity contribution in [1.82, 2.24) is 0 Å². The number of hydrogen-bond donors (Lipinski definition) is 2. The van der Waals surface area contributed by atoms with Crippen LogP contribution in [0.15, 0.2) is 42.5 Å². The van der Waals surface area contributed by atoms with Gasteiger partial charge in [0.2, 0.25) is 0 Å². The van der Waals surface area contributed by atoms with Crippen molar-refractivity contribution in [2.45, 2.75) is 6.61 Å². The van der Waals surface area contributed by atoms with Crippen LogP contribution in [0.25, 0.3) is 0 Å². The second-order valence-electron chi connectivity index (χ2n) is 4.61. The smallest absolute Gasteiger partial charge is 0.411 e. The van der Waals surface area contributed by atoms with Crippen molar-refractivity contribution in [3.63, 3.8) is 0 Å². The molecule has 1 amide bonds. The van der Waals surface area contributed by atoms with E-state index in [-0.39, 0.29) is 24.7 Å². The molecule has 7 heteroatoms. The number of nitrogens with one attached hydrogen (secondary N) is 1. The van der Waals surface area contributed by atoms with E-state index in [0.29, 0.717) is 11.4 Å². The van der Waals surface area contributed by atoms with Gasteiger partial charge in [-0.05, 0) is 29.8 Å². The van der Waals surface area contributed by atoms with Crippen molar-refractivity contribution in [3.05, 3.63) is 53.8 Å². The van der Waals surface area contributed by atoms with Gasteiger partial charge >= 0.3 is 6.09 Å². The summed E-state index contributed by atoms with van der Waals surface area (Å²) in [5.41, 5.74) is 7.23.